The standard InChI is InChI=1S/3C7H15N.C6H8O7/c3*1-6-4-3-5-7(2)8-6;7-3(8)1-6(13,5(11)12)2-4(9)10/h3*6-8H,3-5H2,1-2H3;13H,1-2H2,(H,7,8)(H,9,10)(H,11,12). The highest BCUT2D eigenvalue weighted by Crippen LogP contribution is 2.16. The zero-order chi connectivity index (χ0) is 28.6. The Morgan fingerprint density at radius 3 is 0.892 bits per heavy atom. The van der Waals surface area contributed by atoms with Crippen molar-refractivity contribution >= 4 is 17.9 Å². The van der Waals surface area contributed by atoms with E-state index in [0.717, 1.165) is 36.3 Å². The molecule has 0 amide bonds. The highest BCUT2D eigenvalue weighted by Gasteiger charge is 2.40. The van der Waals surface area contributed by atoms with Crippen LogP contribution >= 0.6 is 0 Å². The van der Waals surface area contributed by atoms with Crippen molar-refractivity contribution in [3.63, 3.8) is 0 Å². The zero-order valence-corrected chi connectivity index (χ0v) is 23.8. The number of piperidine rings is 3. The molecular weight excluding hydrogens is 478 g/mol. The first kappa shape index (κ1) is 35.2. The minimum atomic E-state index is -2.74. The van der Waals surface area contributed by atoms with Gasteiger partial charge in [-0.1, -0.05) is 19.3 Å². The van der Waals surface area contributed by atoms with Gasteiger partial charge in [0.25, 0.3) is 0 Å². The lowest BCUT2D eigenvalue weighted by atomic mass is 9.96. The lowest BCUT2D eigenvalue weighted by Gasteiger charge is -2.25. The number of hydrogen-bond donors (Lipinski definition) is 7. The van der Waals surface area contributed by atoms with Crippen LogP contribution in [0.3, 0.4) is 0 Å². The van der Waals surface area contributed by atoms with Gasteiger partial charge in [0.15, 0.2) is 5.60 Å². The summed E-state index contributed by atoms with van der Waals surface area (Å²) in [6.07, 6.45) is 10.1. The second-order valence-corrected chi connectivity index (χ2v) is 11.2. The van der Waals surface area contributed by atoms with Crippen molar-refractivity contribution < 1.29 is 34.8 Å². The summed E-state index contributed by atoms with van der Waals surface area (Å²) in [5.74, 6) is -5.02. The monoisotopic (exact) mass is 531 g/mol. The van der Waals surface area contributed by atoms with E-state index in [-0.39, 0.29) is 0 Å². The van der Waals surface area contributed by atoms with Crippen LogP contribution in [0.5, 0.6) is 0 Å². The van der Waals surface area contributed by atoms with E-state index in [2.05, 4.69) is 57.5 Å². The van der Waals surface area contributed by atoms with E-state index in [1.807, 2.05) is 0 Å². The molecule has 3 saturated heterocycles. The van der Waals surface area contributed by atoms with Gasteiger partial charge in [-0.25, -0.2) is 4.79 Å². The molecule has 10 nitrogen and oxygen atoms in total. The number of rotatable bonds is 5. The molecule has 0 aromatic heterocycles. The number of hydrogen-bond acceptors (Lipinski definition) is 7. The van der Waals surface area contributed by atoms with Gasteiger partial charge in [-0.05, 0) is 80.1 Å². The average Bonchev–Trinajstić information content (AvgIpc) is 2.73. The van der Waals surface area contributed by atoms with Crippen LogP contribution in [0.25, 0.3) is 0 Å². The molecule has 0 aromatic carbocycles. The van der Waals surface area contributed by atoms with Gasteiger partial charge in [0.05, 0.1) is 12.8 Å². The molecule has 0 spiro atoms. The molecule has 0 radical (unpaired) electrons. The Balaban J connectivity index is 0.000000478. The minimum absolute atomic E-state index is 0.763. The van der Waals surface area contributed by atoms with Gasteiger partial charge in [0, 0.05) is 36.3 Å². The van der Waals surface area contributed by atoms with E-state index in [4.69, 9.17) is 20.4 Å². The Morgan fingerprint density at radius 2 is 0.784 bits per heavy atom. The maximum atomic E-state index is 10.3. The maximum Gasteiger partial charge on any atom is 0.336 e. The summed E-state index contributed by atoms with van der Waals surface area (Å²) >= 11 is 0. The summed E-state index contributed by atoms with van der Waals surface area (Å²) in [4.78, 5) is 30.5. The van der Waals surface area contributed by atoms with Crippen LogP contribution in [-0.2, 0) is 14.4 Å². The molecule has 3 heterocycles. The smallest absolute Gasteiger partial charge is 0.336 e. The van der Waals surface area contributed by atoms with Gasteiger partial charge in [-0.3, -0.25) is 9.59 Å². The van der Waals surface area contributed by atoms with Gasteiger partial charge in [-0.15, -0.1) is 0 Å². The fourth-order valence-corrected chi connectivity index (χ4v) is 4.86. The molecule has 3 fully saturated rings. The number of carbonyl (C=O) groups is 3. The SMILES string of the molecule is CC1CCCC(C)N1.CC1CCCC(C)N1.CC1CCCC(C)N1.O=C(O)CC(O)(CC(=O)O)C(=O)O. The number of aliphatic hydroxyl groups is 1. The molecule has 6 atom stereocenters. The molecule has 0 aromatic rings. The van der Waals surface area contributed by atoms with Crippen molar-refractivity contribution in [2.75, 3.05) is 0 Å². The number of carboxylic acid groups (broad SMARTS) is 3. The molecule has 7 N–H and O–H groups in total. The van der Waals surface area contributed by atoms with Crippen molar-refractivity contribution in [2.24, 2.45) is 0 Å². The number of nitrogens with one attached hydrogen (secondary N) is 3. The van der Waals surface area contributed by atoms with Crippen LogP contribution in [0.15, 0.2) is 0 Å². The van der Waals surface area contributed by atoms with E-state index in [1.54, 1.807) is 0 Å². The summed E-state index contributed by atoms with van der Waals surface area (Å²) in [5.41, 5.74) is -2.74. The molecule has 0 saturated carbocycles. The summed E-state index contributed by atoms with van der Waals surface area (Å²) in [6, 6.07) is 4.58. The van der Waals surface area contributed by atoms with Crippen molar-refractivity contribution in [1.29, 1.82) is 0 Å². The first-order chi connectivity index (χ1) is 17.1. The third kappa shape index (κ3) is 18.2. The largest absolute Gasteiger partial charge is 0.481 e. The third-order valence-electron chi connectivity index (χ3n) is 6.82. The minimum Gasteiger partial charge on any atom is -0.481 e. The molecule has 6 unspecified atom stereocenters. The summed E-state index contributed by atoms with van der Waals surface area (Å²) in [7, 11) is 0. The van der Waals surface area contributed by atoms with Gasteiger partial charge in [0.2, 0.25) is 0 Å². The predicted octanol–water partition coefficient (Wildman–Crippen LogP) is 3.36. The molecule has 10 heteroatoms. The molecule has 3 rings (SSSR count). The van der Waals surface area contributed by atoms with E-state index < -0.39 is 36.4 Å². The van der Waals surface area contributed by atoms with Gasteiger partial charge >= 0.3 is 17.9 Å². The topological polar surface area (TPSA) is 168 Å². The van der Waals surface area contributed by atoms with E-state index in [1.165, 1.54) is 57.8 Å². The van der Waals surface area contributed by atoms with Crippen LogP contribution in [-0.4, -0.2) is 80.2 Å². The van der Waals surface area contributed by atoms with Gasteiger partial charge in [0.1, 0.15) is 0 Å². The number of carboxylic acids is 3. The molecular formula is C27H53N3O7. The maximum absolute atomic E-state index is 10.3. The first-order valence-corrected chi connectivity index (χ1v) is 13.8. The van der Waals surface area contributed by atoms with Crippen LogP contribution in [0.1, 0.15) is 112 Å². The van der Waals surface area contributed by atoms with Gasteiger partial charge < -0.3 is 36.4 Å². The Kier molecular flexibility index (Phi) is 17.6. The van der Waals surface area contributed by atoms with Crippen LogP contribution in [0.4, 0.5) is 0 Å². The fourth-order valence-electron chi connectivity index (χ4n) is 4.86. The molecule has 218 valence electrons. The fraction of sp³-hybridized carbons (Fsp3) is 0.889. The van der Waals surface area contributed by atoms with Crippen molar-refractivity contribution in [1.82, 2.24) is 16.0 Å². The summed E-state index contributed by atoms with van der Waals surface area (Å²) in [6.45, 7) is 13.6. The van der Waals surface area contributed by atoms with Crippen molar-refractivity contribution in [3.8, 4) is 0 Å². The van der Waals surface area contributed by atoms with Crippen molar-refractivity contribution in [2.45, 2.75) is 154 Å². The Labute approximate surface area is 223 Å². The van der Waals surface area contributed by atoms with Crippen LogP contribution in [0.2, 0.25) is 0 Å². The lowest BCUT2D eigenvalue weighted by molar-refractivity contribution is -0.170. The highest BCUT2D eigenvalue weighted by molar-refractivity contribution is 5.88. The molecule has 0 aliphatic carbocycles. The zero-order valence-electron chi connectivity index (χ0n) is 23.8. The van der Waals surface area contributed by atoms with Crippen molar-refractivity contribution in [3.05, 3.63) is 0 Å². The molecule has 3 aliphatic heterocycles. The molecule has 0 bridgehead atoms. The van der Waals surface area contributed by atoms with E-state index in [0.29, 0.717) is 0 Å². The second kappa shape index (κ2) is 18.5. The Hall–Kier alpha value is -1.75. The second-order valence-electron chi connectivity index (χ2n) is 11.2. The van der Waals surface area contributed by atoms with Gasteiger partial charge in [-0.2, -0.15) is 0 Å². The van der Waals surface area contributed by atoms with Crippen LogP contribution in [0, 0.1) is 0 Å². The average molecular weight is 532 g/mol. The predicted molar refractivity (Wildman–Crippen MR) is 145 cm³/mol. The molecule has 37 heavy (non-hydrogen) atoms. The summed E-state index contributed by atoms with van der Waals surface area (Å²) in [5, 5.41) is 44.2. The number of aliphatic carboxylic acids is 3. The Morgan fingerprint density at radius 1 is 0.568 bits per heavy atom. The first-order valence-electron chi connectivity index (χ1n) is 13.8. The highest BCUT2D eigenvalue weighted by atomic mass is 16.4. The van der Waals surface area contributed by atoms with E-state index in [9.17, 15) is 14.4 Å². The lowest BCUT2D eigenvalue weighted by Crippen LogP contribution is -2.42. The van der Waals surface area contributed by atoms with E-state index >= 15 is 0 Å². The third-order valence-corrected chi connectivity index (χ3v) is 6.82. The molecule has 3 aliphatic rings. The Bertz CT molecular complexity index is 589. The summed E-state index contributed by atoms with van der Waals surface area (Å²) < 4.78 is 0. The quantitative estimate of drug-likeness (QED) is 0.279. The normalized spacial score (nSPS) is 29.6. The van der Waals surface area contributed by atoms with Crippen LogP contribution < -0.4 is 16.0 Å².